The molecule has 0 amide bonds. The van der Waals surface area contributed by atoms with Crippen LogP contribution in [0.4, 0.5) is 11.4 Å². The standard InChI is InChI=1S/C13H15N3O2/c1-10-3-6-12(16(17)18)13(9-10)15(8-2-7-14)11-4-5-11/h3,6,9,11H,2,4-5,8H2,1H3. The van der Waals surface area contributed by atoms with E-state index in [1.165, 1.54) is 0 Å². The molecule has 0 aliphatic heterocycles. The quantitative estimate of drug-likeness (QED) is 0.590. The molecular formula is C13H15N3O2. The average Bonchev–Trinajstić information content (AvgIpc) is 3.13. The lowest BCUT2D eigenvalue weighted by Gasteiger charge is -2.23. The van der Waals surface area contributed by atoms with Crippen LogP contribution in [0.1, 0.15) is 24.8 Å². The van der Waals surface area contributed by atoms with Crippen molar-refractivity contribution in [2.45, 2.75) is 32.2 Å². The van der Waals surface area contributed by atoms with Crippen molar-refractivity contribution in [2.75, 3.05) is 11.4 Å². The van der Waals surface area contributed by atoms with Gasteiger partial charge >= 0.3 is 0 Å². The number of benzene rings is 1. The van der Waals surface area contributed by atoms with E-state index >= 15 is 0 Å². The number of nitrogens with zero attached hydrogens (tertiary/aromatic N) is 3. The first-order valence-corrected chi connectivity index (χ1v) is 6.02. The molecule has 0 unspecified atom stereocenters. The summed E-state index contributed by atoms with van der Waals surface area (Å²) in [6.07, 6.45) is 2.49. The molecule has 1 aromatic carbocycles. The zero-order valence-corrected chi connectivity index (χ0v) is 10.3. The van der Waals surface area contributed by atoms with Gasteiger partial charge in [-0.15, -0.1) is 0 Å². The normalized spacial score (nSPS) is 14.0. The molecule has 94 valence electrons. The highest BCUT2D eigenvalue weighted by atomic mass is 16.6. The van der Waals surface area contributed by atoms with Gasteiger partial charge in [0.25, 0.3) is 5.69 Å². The smallest absolute Gasteiger partial charge is 0.292 e. The molecule has 0 bridgehead atoms. The summed E-state index contributed by atoms with van der Waals surface area (Å²) in [5.41, 5.74) is 1.78. The van der Waals surface area contributed by atoms with Gasteiger partial charge < -0.3 is 4.90 Å². The first-order valence-electron chi connectivity index (χ1n) is 6.02. The highest BCUT2D eigenvalue weighted by Gasteiger charge is 2.32. The first-order chi connectivity index (χ1) is 8.63. The third-order valence-electron chi connectivity index (χ3n) is 3.09. The number of aryl methyl sites for hydroxylation is 1. The number of anilines is 1. The number of hydrogen-bond donors (Lipinski definition) is 0. The predicted octanol–water partition coefficient (Wildman–Crippen LogP) is 2.79. The van der Waals surface area contributed by atoms with E-state index in [1.54, 1.807) is 12.1 Å². The van der Waals surface area contributed by atoms with Gasteiger partial charge in [-0.05, 0) is 31.4 Å². The zero-order chi connectivity index (χ0) is 13.1. The van der Waals surface area contributed by atoms with Crippen molar-refractivity contribution in [1.29, 1.82) is 5.26 Å². The molecule has 0 saturated heterocycles. The van der Waals surface area contributed by atoms with E-state index in [9.17, 15) is 10.1 Å². The summed E-state index contributed by atoms with van der Waals surface area (Å²) >= 11 is 0. The molecule has 0 radical (unpaired) electrons. The Hall–Kier alpha value is -2.09. The van der Waals surface area contributed by atoms with Crippen molar-refractivity contribution in [1.82, 2.24) is 0 Å². The van der Waals surface area contributed by atoms with E-state index in [4.69, 9.17) is 5.26 Å². The van der Waals surface area contributed by atoms with Gasteiger partial charge in [0.1, 0.15) is 5.69 Å². The minimum absolute atomic E-state index is 0.130. The Balaban J connectivity index is 2.36. The van der Waals surface area contributed by atoms with E-state index in [0.717, 1.165) is 18.4 Å². The molecule has 1 aliphatic rings. The molecule has 1 fully saturated rings. The largest absolute Gasteiger partial charge is 0.362 e. The first kappa shape index (κ1) is 12.4. The van der Waals surface area contributed by atoms with Crippen LogP contribution in [-0.2, 0) is 0 Å². The molecule has 0 heterocycles. The van der Waals surface area contributed by atoms with Crippen molar-refractivity contribution in [3.8, 4) is 6.07 Å². The lowest BCUT2D eigenvalue weighted by molar-refractivity contribution is -0.384. The van der Waals surface area contributed by atoms with Crippen LogP contribution in [0.5, 0.6) is 0 Å². The maximum absolute atomic E-state index is 11.1. The van der Waals surface area contributed by atoms with Gasteiger partial charge in [0.2, 0.25) is 0 Å². The van der Waals surface area contributed by atoms with Gasteiger partial charge in [0, 0.05) is 18.7 Å². The molecular weight excluding hydrogens is 230 g/mol. The molecule has 5 heteroatoms. The Morgan fingerprint density at radius 1 is 1.56 bits per heavy atom. The summed E-state index contributed by atoms with van der Waals surface area (Å²) in [4.78, 5) is 12.7. The van der Waals surface area contributed by atoms with Crippen LogP contribution in [0.3, 0.4) is 0 Å². The molecule has 2 rings (SSSR count). The van der Waals surface area contributed by atoms with Crippen molar-refractivity contribution in [3.63, 3.8) is 0 Å². The van der Waals surface area contributed by atoms with Crippen LogP contribution in [0.15, 0.2) is 18.2 Å². The second-order valence-corrected chi connectivity index (χ2v) is 4.58. The fraction of sp³-hybridized carbons (Fsp3) is 0.462. The number of hydrogen-bond acceptors (Lipinski definition) is 4. The average molecular weight is 245 g/mol. The fourth-order valence-electron chi connectivity index (χ4n) is 2.07. The Kier molecular flexibility index (Phi) is 3.47. The molecule has 18 heavy (non-hydrogen) atoms. The monoisotopic (exact) mass is 245 g/mol. The lowest BCUT2D eigenvalue weighted by Crippen LogP contribution is -2.27. The van der Waals surface area contributed by atoms with Gasteiger partial charge in [-0.3, -0.25) is 10.1 Å². The van der Waals surface area contributed by atoms with Crippen molar-refractivity contribution < 1.29 is 4.92 Å². The van der Waals surface area contributed by atoms with Gasteiger partial charge in [0.15, 0.2) is 0 Å². The second-order valence-electron chi connectivity index (χ2n) is 4.58. The summed E-state index contributed by atoms with van der Waals surface area (Å²) < 4.78 is 0. The van der Waals surface area contributed by atoms with Gasteiger partial charge in [-0.25, -0.2) is 0 Å². The number of nitro benzene ring substituents is 1. The van der Waals surface area contributed by atoms with Crippen molar-refractivity contribution in [2.24, 2.45) is 0 Å². The molecule has 1 aromatic rings. The Morgan fingerprint density at radius 3 is 2.83 bits per heavy atom. The molecule has 1 saturated carbocycles. The summed E-state index contributed by atoms with van der Waals surface area (Å²) in [6, 6.07) is 7.60. The Morgan fingerprint density at radius 2 is 2.28 bits per heavy atom. The van der Waals surface area contributed by atoms with Crippen molar-refractivity contribution >= 4 is 11.4 Å². The zero-order valence-electron chi connectivity index (χ0n) is 10.3. The molecule has 1 aliphatic carbocycles. The van der Waals surface area contributed by atoms with E-state index in [1.807, 2.05) is 17.9 Å². The van der Waals surface area contributed by atoms with Crippen LogP contribution in [0.25, 0.3) is 0 Å². The van der Waals surface area contributed by atoms with Crippen LogP contribution < -0.4 is 4.90 Å². The minimum Gasteiger partial charge on any atom is -0.362 e. The summed E-state index contributed by atoms with van der Waals surface area (Å²) in [7, 11) is 0. The van der Waals surface area contributed by atoms with Gasteiger partial charge in [-0.2, -0.15) is 5.26 Å². The lowest BCUT2D eigenvalue weighted by atomic mass is 10.1. The second kappa shape index (κ2) is 5.05. The molecule has 0 atom stereocenters. The number of rotatable bonds is 5. The summed E-state index contributed by atoms with van der Waals surface area (Å²) in [5, 5.41) is 19.8. The van der Waals surface area contributed by atoms with Gasteiger partial charge in [0.05, 0.1) is 17.4 Å². The maximum Gasteiger partial charge on any atom is 0.292 e. The highest BCUT2D eigenvalue weighted by molar-refractivity contribution is 5.65. The molecule has 0 spiro atoms. The summed E-state index contributed by atoms with van der Waals surface area (Å²) in [6.45, 7) is 2.48. The molecule has 0 N–H and O–H groups in total. The third kappa shape index (κ3) is 2.59. The van der Waals surface area contributed by atoms with Crippen LogP contribution in [0, 0.1) is 28.4 Å². The molecule has 0 aromatic heterocycles. The topological polar surface area (TPSA) is 70.2 Å². The summed E-state index contributed by atoms with van der Waals surface area (Å²) in [5.74, 6) is 0. The molecule has 5 nitrogen and oxygen atoms in total. The van der Waals surface area contributed by atoms with Crippen LogP contribution in [-0.4, -0.2) is 17.5 Å². The van der Waals surface area contributed by atoms with Crippen molar-refractivity contribution in [3.05, 3.63) is 33.9 Å². The SMILES string of the molecule is Cc1ccc([N+](=O)[O-])c(N(CCC#N)C2CC2)c1. The van der Waals surface area contributed by atoms with Crippen LogP contribution >= 0.6 is 0 Å². The maximum atomic E-state index is 11.1. The number of nitriles is 1. The van der Waals surface area contributed by atoms with E-state index in [2.05, 4.69) is 6.07 Å². The fourth-order valence-corrected chi connectivity index (χ4v) is 2.07. The predicted molar refractivity (Wildman–Crippen MR) is 68.4 cm³/mol. The van der Waals surface area contributed by atoms with Gasteiger partial charge in [-0.1, -0.05) is 6.07 Å². The minimum atomic E-state index is -0.351. The van der Waals surface area contributed by atoms with E-state index in [0.29, 0.717) is 24.7 Å². The Bertz CT molecular complexity index is 503. The van der Waals surface area contributed by atoms with Crippen LogP contribution in [0.2, 0.25) is 0 Å². The highest BCUT2D eigenvalue weighted by Crippen LogP contribution is 2.37. The van der Waals surface area contributed by atoms with E-state index in [-0.39, 0.29) is 10.6 Å². The Labute approximate surface area is 106 Å². The van der Waals surface area contributed by atoms with E-state index < -0.39 is 0 Å². The number of nitro groups is 1. The third-order valence-corrected chi connectivity index (χ3v) is 3.09.